The second-order valence-electron chi connectivity index (χ2n) is 4.79. The number of carbonyl (C=O) groups is 2. The highest BCUT2D eigenvalue weighted by molar-refractivity contribution is 5.98. The second kappa shape index (κ2) is 5.80. The van der Waals surface area contributed by atoms with E-state index in [4.69, 9.17) is 0 Å². The van der Waals surface area contributed by atoms with Crippen LogP contribution in [0.25, 0.3) is 0 Å². The molecule has 1 aromatic carbocycles. The molecule has 1 aromatic rings. The van der Waals surface area contributed by atoms with E-state index in [2.05, 4.69) is 11.4 Å². The zero-order valence-electron chi connectivity index (χ0n) is 10.8. The lowest BCUT2D eigenvalue weighted by molar-refractivity contribution is -0.120. The zero-order valence-corrected chi connectivity index (χ0v) is 10.8. The molecule has 2 rings (SSSR count). The summed E-state index contributed by atoms with van der Waals surface area (Å²) >= 11 is 0. The molecule has 0 aromatic heterocycles. The third kappa shape index (κ3) is 2.97. The van der Waals surface area contributed by atoms with Gasteiger partial charge >= 0.3 is 0 Å². The van der Waals surface area contributed by atoms with Crippen molar-refractivity contribution in [2.75, 3.05) is 7.05 Å². The lowest BCUT2D eigenvalue weighted by Crippen LogP contribution is -2.18. The van der Waals surface area contributed by atoms with E-state index in [0.717, 1.165) is 18.4 Å². The van der Waals surface area contributed by atoms with E-state index in [0.29, 0.717) is 6.42 Å². The Morgan fingerprint density at radius 3 is 2.56 bits per heavy atom. The molecule has 0 aliphatic heterocycles. The normalized spacial score (nSPS) is 13.8. The Labute approximate surface area is 108 Å². The number of hydrogen-bond acceptors (Lipinski definition) is 2. The standard InChI is InChI=1S/C15H19NO2/c1-16-15(18)9-8-14(17)13-7-6-11-4-2-3-5-12(11)10-13/h6-7,10H,2-5,8-9H2,1H3,(H,16,18). The van der Waals surface area contributed by atoms with Gasteiger partial charge in [0.25, 0.3) is 0 Å². The number of Topliss-reactive ketones (excluding diaryl/α,β-unsaturated/α-hetero) is 1. The van der Waals surface area contributed by atoms with Gasteiger partial charge in [0.1, 0.15) is 0 Å². The van der Waals surface area contributed by atoms with E-state index >= 15 is 0 Å². The molecule has 1 aliphatic rings. The number of hydrogen-bond donors (Lipinski definition) is 1. The highest BCUT2D eigenvalue weighted by Gasteiger charge is 2.13. The van der Waals surface area contributed by atoms with Gasteiger partial charge in [-0.1, -0.05) is 12.1 Å². The highest BCUT2D eigenvalue weighted by atomic mass is 16.2. The minimum atomic E-state index is -0.0821. The molecule has 0 heterocycles. The average molecular weight is 245 g/mol. The van der Waals surface area contributed by atoms with Gasteiger partial charge in [-0.15, -0.1) is 0 Å². The summed E-state index contributed by atoms with van der Waals surface area (Å²) < 4.78 is 0. The molecule has 3 heteroatoms. The maximum atomic E-state index is 12.0. The summed E-state index contributed by atoms with van der Waals surface area (Å²) in [6, 6.07) is 5.98. The van der Waals surface area contributed by atoms with Crippen molar-refractivity contribution >= 4 is 11.7 Å². The van der Waals surface area contributed by atoms with Gasteiger partial charge < -0.3 is 5.32 Å². The van der Waals surface area contributed by atoms with Crippen molar-refractivity contribution in [1.29, 1.82) is 0 Å². The van der Waals surface area contributed by atoms with Crippen LogP contribution < -0.4 is 5.32 Å². The molecule has 0 fully saturated rings. The molecule has 18 heavy (non-hydrogen) atoms. The van der Waals surface area contributed by atoms with E-state index in [9.17, 15) is 9.59 Å². The molecule has 1 N–H and O–H groups in total. The molecule has 1 aliphatic carbocycles. The number of aryl methyl sites for hydroxylation is 2. The number of carbonyl (C=O) groups excluding carboxylic acids is 2. The summed E-state index contributed by atoms with van der Waals surface area (Å²) in [7, 11) is 1.59. The average Bonchev–Trinajstić information content (AvgIpc) is 2.43. The molecule has 0 saturated heterocycles. The number of nitrogens with one attached hydrogen (secondary N) is 1. The molecule has 0 unspecified atom stereocenters. The second-order valence-corrected chi connectivity index (χ2v) is 4.79. The topological polar surface area (TPSA) is 46.2 Å². The van der Waals surface area contributed by atoms with Crippen LogP contribution in [0, 0.1) is 0 Å². The molecule has 0 atom stereocenters. The van der Waals surface area contributed by atoms with Gasteiger partial charge in [-0.25, -0.2) is 0 Å². The molecule has 0 radical (unpaired) electrons. The van der Waals surface area contributed by atoms with E-state index in [1.807, 2.05) is 12.1 Å². The summed E-state index contributed by atoms with van der Waals surface area (Å²) in [6.45, 7) is 0. The van der Waals surface area contributed by atoms with Gasteiger partial charge in [0.05, 0.1) is 0 Å². The van der Waals surface area contributed by atoms with Gasteiger partial charge in [0.2, 0.25) is 5.91 Å². The van der Waals surface area contributed by atoms with Gasteiger partial charge in [-0.05, 0) is 42.9 Å². The van der Waals surface area contributed by atoms with Crippen LogP contribution in [0.15, 0.2) is 18.2 Å². The van der Waals surface area contributed by atoms with Crippen molar-refractivity contribution in [3.63, 3.8) is 0 Å². The van der Waals surface area contributed by atoms with Crippen LogP contribution in [0.1, 0.15) is 47.2 Å². The van der Waals surface area contributed by atoms with Crippen LogP contribution in [0.3, 0.4) is 0 Å². The van der Waals surface area contributed by atoms with Crippen LogP contribution in [0.5, 0.6) is 0 Å². The quantitative estimate of drug-likeness (QED) is 0.827. The summed E-state index contributed by atoms with van der Waals surface area (Å²) in [5.74, 6) is -0.0201. The minimum Gasteiger partial charge on any atom is -0.359 e. The fourth-order valence-corrected chi connectivity index (χ4v) is 2.40. The zero-order chi connectivity index (χ0) is 13.0. The van der Waals surface area contributed by atoms with Crippen LogP contribution in [0.4, 0.5) is 0 Å². The summed E-state index contributed by atoms with van der Waals surface area (Å²) in [5.41, 5.74) is 3.44. The first-order valence-electron chi connectivity index (χ1n) is 6.56. The van der Waals surface area contributed by atoms with E-state index in [1.54, 1.807) is 7.05 Å². The Morgan fingerprint density at radius 2 is 1.83 bits per heavy atom. The molecule has 0 saturated carbocycles. The van der Waals surface area contributed by atoms with Crippen molar-refractivity contribution in [3.8, 4) is 0 Å². The first-order chi connectivity index (χ1) is 8.70. The Kier molecular flexibility index (Phi) is 4.13. The summed E-state index contributed by atoms with van der Waals surface area (Å²) in [4.78, 5) is 23.1. The maximum absolute atomic E-state index is 12.0. The Balaban J connectivity index is 2.04. The van der Waals surface area contributed by atoms with Crippen molar-refractivity contribution in [3.05, 3.63) is 34.9 Å². The highest BCUT2D eigenvalue weighted by Crippen LogP contribution is 2.22. The minimum absolute atomic E-state index is 0.0620. The molecule has 0 bridgehead atoms. The number of rotatable bonds is 4. The fraction of sp³-hybridized carbons (Fsp3) is 0.467. The predicted octanol–water partition coefficient (Wildman–Crippen LogP) is 2.27. The Morgan fingerprint density at radius 1 is 1.11 bits per heavy atom. The lowest BCUT2D eigenvalue weighted by atomic mass is 9.89. The van der Waals surface area contributed by atoms with Crippen molar-refractivity contribution in [2.45, 2.75) is 38.5 Å². The summed E-state index contributed by atoms with van der Waals surface area (Å²) in [5, 5.41) is 2.53. The number of fused-ring (bicyclic) bond motifs is 1. The molecular weight excluding hydrogens is 226 g/mol. The third-order valence-corrected chi connectivity index (χ3v) is 3.53. The van der Waals surface area contributed by atoms with Crippen LogP contribution in [-0.2, 0) is 17.6 Å². The Bertz CT molecular complexity index is 466. The number of benzene rings is 1. The van der Waals surface area contributed by atoms with Gasteiger partial charge in [-0.3, -0.25) is 9.59 Å². The van der Waals surface area contributed by atoms with Crippen LogP contribution >= 0.6 is 0 Å². The smallest absolute Gasteiger partial charge is 0.220 e. The monoisotopic (exact) mass is 245 g/mol. The summed E-state index contributed by atoms with van der Waals surface area (Å²) in [6.07, 6.45) is 5.22. The molecule has 1 amide bonds. The lowest BCUT2D eigenvalue weighted by Gasteiger charge is -2.16. The Hall–Kier alpha value is -1.64. The first-order valence-corrected chi connectivity index (χ1v) is 6.56. The van der Waals surface area contributed by atoms with Crippen LogP contribution in [0.2, 0.25) is 0 Å². The molecule has 0 spiro atoms. The van der Waals surface area contributed by atoms with Gasteiger partial charge in [0, 0.05) is 25.5 Å². The SMILES string of the molecule is CNC(=O)CCC(=O)c1ccc2c(c1)CCCC2. The van der Waals surface area contributed by atoms with Gasteiger partial charge in [0.15, 0.2) is 5.78 Å². The van der Waals surface area contributed by atoms with Crippen LogP contribution in [-0.4, -0.2) is 18.7 Å². The molecular formula is C15H19NO2. The maximum Gasteiger partial charge on any atom is 0.220 e. The number of ketones is 1. The van der Waals surface area contributed by atoms with Crippen molar-refractivity contribution in [2.24, 2.45) is 0 Å². The van der Waals surface area contributed by atoms with E-state index in [-0.39, 0.29) is 18.1 Å². The molecule has 3 nitrogen and oxygen atoms in total. The van der Waals surface area contributed by atoms with Gasteiger partial charge in [-0.2, -0.15) is 0 Å². The predicted molar refractivity (Wildman–Crippen MR) is 70.7 cm³/mol. The number of amides is 1. The largest absolute Gasteiger partial charge is 0.359 e. The first kappa shape index (κ1) is 12.8. The van der Waals surface area contributed by atoms with E-state index in [1.165, 1.54) is 24.0 Å². The fourth-order valence-electron chi connectivity index (χ4n) is 2.40. The third-order valence-electron chi connectivity index (χ3n) is 3.53. The van der Waals surface area contributed by atoms with E-state index < -0.39 is 0 Å². The van der Waals surface area contributed by atoms with Crippen molar-refractivity contribution in [1.82, 2.24) is 5.32 Å². The molecule has 96 valence electrons. The van der Waals surface area contributed by atoms with Crippen molar-refractivity contribution < 1.29 is 9.59 Å².